The average Bonchev–Trinajstić information content (AvgIpc) is 2.81. The third-order valence-electron chi connectivity index (χ3n) is 1.81. The lowest BCUT2D eigenvalue weighted by Gasteiger charge is -1.92. The molecule has 0 N–H and O–H groups in total. The van der Waals surface area contributed by atoms with Crippen molar-refractivity contribution in [2.75, 3.05) is 0 Å². The van der Waals surface area contributed by atoms with Gasteiger partial charge in [0.25, 0.3) is 0 Å². The average molecular weight is 277 g/mol. The van der Waals surface area contributed by atoms with Gasteiger partial charge in [0, 0.05) is 4.48 Å². The minimum atomic E-state index is 0.870. The number of hydrogen-bond donors (Lipinski definition) is 0. The van der Waals surface area contributed by atoms with Crippen LogP contribution in [-0.4, -0.2) is 21.1 Å². The van der Waals surface area contributed by atoms with Crippen molar-refractivity contribution in [1.29, 1.82) is 0 Å². The highest BCUT2D eigenvalue weighted by Gasteiger charge is 1.89. The molecule has 1 aromatic heterocycles. The van der Waals surface area contributed by atoms with E-state index in [1.165, 1.54) is 17.4 Å². The Morgan fingerprint density at radius 2 is 2.12 bits per heavy atom. The molecule has 4 nitrogen and oxygen atoms in total. The van der Waals surface area contributed by atoms with Gasteiger partial charge in [0.1, 0.15) is 12.7 Å². The molecule has 0 bridgehead atoms. The first-order valence-corrected chi connectivity index (χ1v) is 5.45. The smallest absolute Gasteiger partial charge is 0.139 e. The molecule has 0 fully saturated rings. The third kappa shape index (κ3) is 3.13. The van der Waals surface area contributed by atoms with Crippen LogP contribution in [0.1, 0.15) is 5.56 Å². The zero-order valence-corrected chi connectivity index (χ0v) is 9.95. The molecule has 0 amide bonds. The van der Waals surface area contributed by atoms with Gasteiger partial charge in [0.15, 0.2) is 0 Å². The fraction of sp³-hybridized carbons (Fsp3) is 0. The number of nitrogens with zero attached hydrogens (tertiary/aromatic N) is 4. The molecule has 1 heterocycles. The summed E-state index contributed by atoms with van der Waals surface area (Å²) in [5.74, 6) is 0. The van der Waals surface area contributed by atoms with Gasteiger partial charge in [-0.3, -0.25) is 0 Å². The van der Waals surface area contributed by atoms with E-state index in [1.807, 2.05) is 36.4 Å². The molecule has 0 unspecified atom stereocenters. The summed E-state index contributed by atoms with van der Waals surface area (Å²) in [4.78, 5) is 5.18. The second-order valence-corrected chi connectivity index (χ2v) is 3.92. The summed E-state index contributed by atoms with van der Waals surface area (Å²) in [6.45, 7) is 0. The van der Waals surface area contributed by atoms with E-state index in [2.05, 4.69) is 31.1 Å². The third-order valence-corrected chi connectivity index (χ3v) is 2.24. The van der Waals surface area contributed by atoms with Gasteiger partial charge in [-0.1, -0.05) is 30.3 Å². The summed E-state index contributed by atoms with van der Waals surface area (Å²) < 4.78 is 0.870. The number of halogens is 1. The van der Waals surface area contributed by atoms with E-state index < -0.39 is 0 Å². The van der Waals surface area contributed by atoms with E-state index in [0.29, 0.717) is 0 Å². The van der Waals surface area contributed by atoms with Gasteiger partial charge in [-0.15, -0.1) is 9.89 Å². The second-order valence-electron chi connectivity index (χ2n) is 3.00. The largest absolute Gasteiger partial charge is 0.221 e. The van der Waals surface area contributed by atoms with Crippen molar-refractivity contribution in [2.45, 2.75) is 0 Å². The Hall–Kier alpha value is -1.75. The highest BCUT2D eigenvalue weighted by Crippen LogP contribution is 2.09. The Morgan fingerprint density at radius 3 is 2.81 bits per heavy atom. The first-order chi connectivity index (χ1) is 7.84. The number of benzene rings is 1. The molecule has 0 aliphatic heterocycles. The van der Waals surface area contributed by atoms with Crippen LogP contribution in [0.15, 0.2) is 52.6 Å². The molecule has 1 aromatic carbocycles. The van der Waals surface area contributed by atoms with Crippen LogP contribution in [0.3, 0.4) is 0 Å². The van der Waals surface area contributed by atoms with Crippen LogP contribution in [0, 0.1) is 0 Å². The minimum Gasteiger partial charge on any atom is -0.221 e. The predicted molar refractivity (Wildman–Crippen MR) is 67.3 cm³/mol. The van der Waals surface area contributed by atoms with Crippen LogP contribution in [0.25, 0.3) is 6.08 Å². The molecule has 16 heavy (non-hydrogen) atoms. The monoisotopic (exact) mass is 276 g/mol. The maximum absolute atomic E-state index is 4.07. The fourth-order valence-electron chi connectivity index (χ4n) is 1.12. The first kappa shape index (κ1) is 10.8. The van der Waals surface area contributed by atoms with Gasteiger partial charge in [0.05, 0.1) is 6.21 Å². The van der Waals surface area contributed by atoms with Gasteiger partial charge >= 0.3 is 0 Å². The summed E-state index contributed by atoms with van der Waals surface area (Å²) in [6, 6.07) is 9.99. The molecule has 0 aliphatic carbocycles. The highest BCUT2D eigenvalue weighted by molar-refractivity contribution is 9.12. The van der Waals surface area contributed by atoms with Gasteiger partial charge < -0.3 is 0 Å². The lowest BCUT2D eigenvalue weighted by molar-refractivity contribution is 0.743. The van der Waals surface area contributed by atoms with Crippen molar-refractivity contribution in [2.24, 2.45) is 5.10 Å². The Kier molecular flexibility index (Phi) is 3.61. The van der Waals surface area contributed by atoms with Gasteiger partial charge in [0.2, 0.25) is 0 Å². The number of aromatic nitrogens is 3. The molecule has 0 spiro atoms. The van der Waals surface area contributed by atoms with E-state index >= 15 is 0 Å². The van der Waals surface area contributed by atoms with E-state index in [4.69, 9.17) is 0 Å². The summed E-state index contributed by atoms with van der Waals surface area (Å²) in [5.41, 5.74) is 1.11. The van der Waals surface area contributed by atoms with E-state index in [1.54, 1.807) is 6.21 Å². The zero-order valence-electron chi connectivity index (χ0n) is 8.36. The van der Waals surface area contributed by atoms with Crippen LogP contribution in [0.5, 0.6) is 0 Å². The predicted octanol–water partition coefficient (Wildman–Crippen LogP) is 2.55. The van der Waals surface area contributed by atoms with E-state index in [0.717, 1.165) is 10.0 Å². The molecule has 2 rings (SSSR count). The van der Waals surface area contributed by atoms with Crippen molar-refractivity contribution < 1.29 is 0 Å². The quantitative estimate of drug-likeness (QED) is 0.809. The number of rotatable bonds is 3. The van der Waals surface area contributed by atoms with Crippen LogP contribution in [0.4, 0.5) is 0 Å². The SMILES string of the molecule is BrC(/C=N\n1cncn1)=C\c1ccccc1. The summed E-state index contributed by atoms with van der Waals surface area (Å²) in [7, 11) is 0. The standard InChI is InChI=1S/C11H9BrN4/c12-11(6-10-4-2-1-3-5-10)7-14-16-9-13-8-15-16/h1-9H/b11-6-,14-7-. The molecule has 0 saturated carbocycles. The van der Waals surface area contributed by atoms with Crippen LogP contribution in [-0.2, 0) is 0 Å². The first-order valence-electron chi connectivity index (χ1n) is 4.66. The summed E-state index contributed by atoms with van der Waals surface area (Å²) >= 11 is 3.41. The number of hydrogen-bond acceptors (Lipinski definition) is 3. The van der Waals surface area contributed by atoms with E-state index in [-0.39, 0.29) is 0 Å². The van der Waals surface area contributed by atoms with Gasteiger partial charge in [-0.2, -0.15) is 5.10 Å². The molecule has 5 heteroatoms. The van der Waals surface area contributed by atoms with Crippen LogP contribution < -0.4 is 0 Å². The maximum atomic E-state index is 4.07. The van der Waals surface area contributed by atoms with E-state index in [9.17, 15) is 0 Å². The topological polar surface area (TPSA) is 43.1 Å². The summed E-state index contributed by atoms with van der Waals surface area (Å²) in [6.07, 6.45) is 6.60. The number of allylic oxidation sites excluding steroid dienone is 1. The zero-order chi connectivity index (χ0) is 11.2. The Balaban J connectivity index is 2.09. The van der Waals surface area contributed by atoms with Crippen molar-refractivity contribution in [3.8, 4) is 0 Å². The highest BCUT2D eigenvalue weighted by atomic mass is 79.9. The second kappa shape index (κ2) is 5.37. The van der Waals surface area contributed by atoms with Crippen LogP contribution >= 0.6 is 15.9 Å². The molecular weight excluding hydrogens is 268 g/mol. The molecule has 0 atom stereocenters. The normalized spacial score (nSPS) is 12.2. The molecule has 2 aromatic rings. The molecule has 0 radical (unpaired) electrons. The molecule has 0 aliphatic rings. The van der Waals surface area contributed by atoms with Crippen molar-refractivity contribution >= 4 is 28.2 Å². The van der Waals surface area contributed by atoms with Crippen molar-refractivity contribution in [1.82, 2.24) is 14.9 Å². The fourth-order valence-corrected chi connectivity index (χ4v) is 1.48. The van der Waals surface area contributed by atoms with Crippen molar-refractivity contribution in [3.63, 3.8) is 0 Å². The van der Waals surface area contributed by atoms with Gasteiger partial charge in [-0.25, -0.2) is 4.98 Å². The molecule has 0 saturated heterocycles. The lowest BCUT2D eigenvalue weighted by atomic mass is 10.2. The molecule has 80 valence electrons. The molecular formula is C11H9BrN4. The Bertz CT molecular complexity index is 488. The Labute approximate surface area is 101 Å². The van der Waals surface area contributed by atoms with Crippen molar-refractivity contribution in [3.05, 3.63) is 53.0 Å². The Morgan fingerprint density at radius 1 is 1.31 bits per heavy atom. The summed E-state index contributed by atoms with van der Waals surface area (Å²) in [5, 5.41) is 7.92. The maximum Gasteiger partial charge on any atom is 0.139 e. The van der Waals surface area contributed by atoms with Crippen LogP contribution in [0.2, 0.25) is 0 Å². The van der Waals surface area contributed by atoms with Gasteiger partial charge in [-0.05, 0) is 27.6 Å². The minimum absolute atomic E-state index is 0.870. The lowest BCUT2D eigenvalue weighted by Crippen LogP contribution is -1.88.